The predicted molar refractivity (Wildman–Crippen MR) is 135 cm³/mol. The number of hydrogen-bond donors (Lipinski definition) is 0. The van der Waals surface area contributed by atoms with Crippen molar-refractivity contribution in [3.63, 3.8) is 0 Å². The Balaban J connectivity index is 1.43. The first-order chi connectivity index (χ1) is 14.9. The second-order valence-electron chi connectivity index (χ2n) is 8.93. The van der Waals surface area contributed by atoms with Gasteiger partial charge in [-0.05, 0) is 62.9 Å². The van der Waals surface area contributed by atoms with E-state index in [1.165, 1.54) is 109 Å². The van der Waals surface area contributed by atoms with Gasteiger partial charge in [0.15, 0.2) is 0 Å². The van der Waals surface area contributed by atoms with Gasteiger partial charge >= 0.3 is 0 Å². The third-order valence-electron chi connectivity index (χ3n) is 6.61. The molecule has 0 amide bonds. The summed E-state index contributed by atoms with van der Waals surface area (Å²) in [6, 6.07) is 24.9. The van der Waals surface area contributed by atoms with E-state index in [2.05, 4.69) is 73.7 Å². The first kappa shape index (κ1) is 20.9. The molecule has 4 rings (SSSR count). The summed E-state index contributed by atoms with van der Waals surface area (Å²) >= 11 is 0. The van der Waals surface area contributed by atoms with Crippen molar-refractivity contribution in [3.05, 3.63) is 72.3 Å². The van der Waals surface area contributed by atoms with E-state index in [-0.39, 0.29) is 0 Å². The molecule has 0 atom stereocenters. The van der Waals surface area contributed by atoms with Gasteiger partial charge in [0.05, 0.1) is 0 Å². The molecule has 0 unspecified atom stereocenters. The van der Waals surface area contributed by atoms with Crippen LogP contribution in [-0.4, -0.2) is 0 Å². The summed E-state index contributed by atoms with van der Waals surface area (Å²) in [4.78, 5) is 0. The van der Waals surface area contributed by atoms with Crippen molar-refractivity contribution in [3.8, 4) is 0 Å². The lowest BCUT2D eigenvalue weighted by molar-refractivity contribution is 0.556. The molecule has 0 bridgehead atoms. The zero-order valence-corrected chi connectivity index (χ0v) is 18.6. The SMILES string of the molecule is CCCCCCCCCCCCc1cc2ccccc2c2cc3ccccc3cc12. The van der Waals surface area contributed by atoms with E-state index >= 15 is 0 Å². The molecule has 156 valence electrons. The van der Waals surface area contributed by atoms with Crippen LogP contribution >= 0.6 is 0 Å². The fraction of sp³-hybridized carbons (Fsp3) is 0.400. The molecule has 0 heteroatoms. The molecule has 0 aromatic heterocycles. The highest BCUT2D eigenvalue weighted by Crippen LogP contribution is 2.33. The van der Waals surface area contributed by atoms with Gasteiger partial charge in [-0.2, -0.15) is 0 Å². The number of unbranched alkanes of at least 4 members (excludes halogenated alkanes) is 9. The summed E-state index contributed by atoms with van der Waals surface area (Å²) in [6.45, 7) is 2.29. The highest BCUT2D eigenvalue weighted by atomic mass is 14.1. The van der Waals surface area contributed by atoms with Gasteiger partial charge in [0, 0.05) is 0 Å². The second-order valence-corrected chi connectivity index (χ2v) is 8.93. The van der Waals surface area contributed by atoms with Gasteiger partial charge in [-0.1, -0.05) is 119 Å². The highest BCUT2D eigenvalue weighted by Gasteiger charge is 2.08. The molecule has 0 nitrogen and oxygen atoms in total. The van der Waals surface area contributed by atoms with Gasteiger partial charge in [-0.3, -0.25) is 0 Å². The van der Waals surface area contributed by atoms with Crippen LogP contribution < -0.4 is 0 Å². The molecule has 0 N–H and O–H groups in total. The van der Waals surface area contributed by atoms with E-state index < -0.39 is 0 Å². The van der Waals surface area contributed by atoms with Gasteiger partial charge in [-0.15, -0.1) is 0 Å². The lowest BCUT2D eigenvalue weighted by Gasteiger charge is -2.12. The molecule has 0 saturated heterocycles. The van der Waals surface area contributed by atoms with Crippen LogP contribution in [0.5, 0.6) is 0 Å². The van der Waals surface area contributed by atoms with Gasteiger partial charge in [-0.25, -0.2) is 0 Å². The highest BCUT2D eigenvalue weighted by molar-refractivity contribution is 6.13. The second kappa shape index (κ2) is 10.6. The number of fused-ring (bicyclic) bond motifs is 4. The van der Waals surface area contributed by atoms with Gasteiger partial charge < -0.3 is 0 Å². The average molecular weight is 397 g/mol. The summed E-state index contributed by atoms with van der Waals surface area (Å²) in [5.74, 6) is 0. The topological polar surface area (TPSA) is 0 Å². The monoisotopic (exact) mass is 396 g/mol. The Hall–Kier alpha value is -2.34. The molecule has 0 aliphatic rings. The zero-order chi connectivity index (χ0) is 20.6. The quantitative estimate of drug-likeness (QED) is 0.134. The smallest absolute Gasteiger partial charge is 0.00963 e. The Morgan fingerprint density at radius 2 is 1.00 bits per heavy atom. The van der Waals surface area contributed by atoms with Crippen LogP contribution in [0, 0.1) is 0 Å². The van der Waals surface area contributed by atoms with Crippen molar-refractivity contribution in [1.29, 1.82) is 0 Å². The molecule has 4 aromatic carbocycles. The van der Waals surface area contributed by atoms with Crippen LogP contribution in [0.25, 0.3) is 32.3 Å². The summed E-state index contributed by atoms with van der Waals surface area (Å²) in [7, 11) is 0. The first-order valence-corrected chi connectivity index (χ1v) is 12.2. The molecule has 0 aliphatic carbocycles. The van der Waals surface area contributed by atoms with E-state index in [1.807, 2.05) is 0 Å². The zero-order valence-electron chi connectivity index (χ0n) is 18.6. The summed E-state index contributed by atoms with van der Waals surface area (Å²) in [5, 5.41) is 8.31. The maximum absolute atomic E-state index is 2.44. The van der Waals surface area contributed by atoms with Crippen LogP contribution in [0.1, 0.15) is 76.7 Å². The number of rotatable bonds is 11. The minimum atomic E-state index is 1.19. The van der Waals surface area contributed by atoms with Crippen LogP contribution in [0.4, 0.5) is 0 Å². The Morgan fingerprint density at radius 3 is 1.67 bits per heavy atom. The maximum atomic E-state index is 2.44. The minimum Gasteiger partial charge on any atom is -0.0654 e. The largest absolute Gasteiger partial charge is 0.0654 e. The molecule has 0 fully saturated rings. The van der Waals surface area contributed by atoms with Gasteiger partial charge in [0.1, 0.15) is 0 Å². The maximum Gasteiger partial charge on any atom is -0.00963 e. The van der Waals surface area contributed by atoms with Crippen LogP contribution in [0.15, 0.2) is 66.7 Å². The summed E-state index contributed by atoms with van der Waals surface area (Å²) < 4.78 is 0. The van der Waals surface area contributed by atoms with E-state index in [9.17, 15) is 0 Å². The van der Waals surface area contributed by atoms with Crippen molar-refractivity contribution in [2.75, 3.05) is 0 Å². The van der Waals surface area contributed by atoms with Crippen molar-refractivity contribution in [1.82, 2.24) is 0 Å². The lowest BCUT2D eigenvalue weighted by atomic mass is 9.92. The first-order valence-electron chi connectivity index (χ1n) is 12.2. The number of hydrogen-bond acceptors (Lipinski definition) is 0. The third-order valence-corrected chi connectivity index (χ3v) is 6.61. The van der Waals surface area contributed by atoms with Gasteiger partial charge in [0.2, 0.25) is 0 Å². The van der Waals surface area contributed by atoms with Crippen molar-refractivity contribution >= 4 is 32.3 Å². The Kier molecular flexibility index (Phi) is 7.40. The third kappa shape index (κ3) is 5.04. The molecule has 0 spiro atoms. The fourth-order valence-electron chi connectivity index (χ4n) is 4.87. The molecule has 30 heavy (non-hydrogen) atoms. The summed E-state index contributed by atoms with van der Waals surface area (Å²) in [5.41, 5.74) is 1.52. The molecular formula is C30H36. The fourth-order valence-corrected chi connectivity index (χ4v) is 4.87. The molecule has 0 radical (unpaired) electrons. The Bertz CT molecular complexity index is 1090. The summed E-state index contributed by atoms with van der Waals surface area (Å²) in [6.07, 6.45) is 15.1. The van der Waals surface area contributed by atoms with Crippen molar-refractivity contribution in [2.24, 2.45) is 0 Å². The standard InChI is InChI=1S/C30H36/c1-2-3-4-5-6-7-8-9-10-11-18-27-21-26-19-14-15-20-28(26)30-23-25-17-13-12-16-24(25)22-29(27)30/h12-17,19-23H,2-11,18H2,1H3. The number of aryl methyl sites for hydroxylation is 1. The van der Waals surface area contributed by atoms with Gasteiger partial charge in [0.25, 0.3) is 0 Å². The van der Waals surface area contributed by atoms with Crippen molar-refractivity contribution < 1.29 is 0 Å². The molecule has 4 aromatic rings. The predicted octanol–water partition coefficient (Wildman–Crippen LogP) is 9.61. The normalized spacial score (nSPS) is 11.6. The Morgan fingerprint density at radius 1 is 0.467 bits per heavy atom. The lowest BCUT2D eigenvalue weighted by Crippen LogP contribution is -1.91. The average Bonchev–Trinajstić information content (AvgIpc) is 2.79. The molecule has 0 heterocycles. The van der Waals surface area contributed by atoms with E-state index in [4.69, 9.17) is 0 Å². The van der Waals surface area contributed by atoms with Crippen LogP contribution in [0.2, 0.25) is 0 Å². The molecular weight excluding hydrogens is 360 g/mol. The van der Waals surface area contributed by atoms with Crippen molar-refractivity contribution in [2.45, 2.75) is 77.6 Å². The van der Waals surface area contributed by atoms with E-state index in [1.54, 1.807) is 0 Å². The number of benzene rings is 4. The van der Waals surface area contributed by atoms with E-state index in [0.29, 0.717) is 0 Å². The minimum absolute atomic E-state index is 1.19. The molecule has 0 saturated carbocycles. The molecule has 0 aliphatic heterocycles. The Labute approximate surface area is 182 Å². The van der Waals surface area contributed by atoms with Crippen LogP contribution in [0.3, 0.4) is 0 Å². The van der Waals surface area contributed by atoms with E-state index in [0.717, 1.165) is 0 Å². The van der Waals surface area contributed by atoms with Crippen LogP contribution in [-0.2, 0) is 6.42 Å².